The number of aryl methyl sites for hydroxylation is 2. The van der Waals surface area contributed by atoms with E-state index in [1.165, 1.54) is 23.9 Å². The Morgan fingerprint density at radius 1 is 1.17 bits per heavy atom. The molecule has 0 radical (unpaired) electrons. The molecule has 1 unspecified atom stereocenters. The molecule has 1 aliphatic heterocycles. The number of hydrogen-bond donors (Lipinski definition) is 2. The number of carbonyl (C=O) groups is 2. The van der Waals surface area contributed by atoms with E-state index in [9.17, 15) is 18.0 Å². The van der Waals surface area contributed by atoms with Crippen molar-refractivity contribution in [1.29, 1.82) is 0 Å². The van der Waals surface area contributed by atoms with Gasteiger partial charge < -0.3 is 10.6 Å². The monoisotopic (exact) mass is 432 g/mol. The number of anilines is 2. The quantitative estimate of drug-likeness (QED) is 0.722. The highest BCUT2D eigenvalue weighted by Crippen LogP contribution is 2.38. The van der Waals surface area contributed by atoms with E-state index < -0.39 is 9.84 Å². The van der Waals surface area contributed by atoms with Gasteiger partial charge in [-0.05, 0) is 55.7 Å². The van der Waals surface area contributed by atoms with Gasteiger partial charge in [-0.1, -0.05) is 19.1 Å². The number of nitrogens with one attached hydrogen (secondary N) is 2. The molecule has 0 aromatic heterocycles. The second kappa shape index (κ2) is 8.59. The van der Waals surface area contributed by atoms with E-state index in [2.05, 4.69) is 10.6 Å². The fraction of sp³-hybridized carbons (Fsp3) is 0.333. The van der Waals surface area contributed by atoms with Crippen LogP contribution in [0.25, 0.3) is 0 Å². The van der Waals surface area contributed by atoms with Gasteiger partial charge in [-0.25, -0.2) is 8.42 Å². The van der Waals surface area contributed by atoms with Crippen LogP contribution in [0, 0.1) is 13.8 Å². The third-order valence-electron chi connectivity index (χ3n) is 4.77. The van der Waals surface area contributed by atoms with Gasteiger partial charge in [-0.2, -0.15) is 0 Å². The molecule has 2 amide bonds. The summed E-state index contributed by atoms with van der Waals surface area (Å²) in [7, 11) is -3.66. The van der Waals surface area contributed by atoms with E-state index in [4.69, 9.17) is 0 Å². The zero-order valence-corrected chi connectivity index (χ0v) is 18.2. The molecule has 0 saturated heterocycles. The van der Waals surface area contributed by atoms with Gasteiger partial charge in [0.25, 0.3) is 0 Å². The standard InChI is InChI=1S/C21H24N2O4S2/c1-4-18-21(25)23-17-12-15(7-8-19(17)28-18)29(26,27)10-9-20(24)22-16-11-13(2)5-6-14(16)3/h5-8,11-12,18H,4,9-10H2,1-3H3,(H,22,24)(H,23,25). The molecule has 29 heavy (non-hydrogen) atoms. The first-order valence-electron chi connectivity index (χ1n) is 9.41. The summed E-state index contributed by atoms with van der Waals surface area (Å²) < 4.78 is 25.4. The Labute approximate surface area is 175 Å². The predicted molar refractivity (Wildman–Crippen MR) is 116 cm³/mol. The Kier molecular flexibility index (Phi) is 6.33. The first-order valence-corrected chi connectivity index (χ1v) is 11.9. The minimum absolute atomic E-state index is 0.103. The molecular weight excluding hydrogens is 408 g/mol. The van der Waals surface area contributed by atoms with Crippen LogP contribution in [0.15, 0.2) is 46.2 Å². The average molecular weight is 433 g/mol. The van der Waals surface area contributed by atoms with E-state index in [-0.39, 0.29) is 34.1 Å². The molecular formula is C21H24N2O4S2. The smallest absolute Gasteiger partial charge is 0.237 e. The second-order valence-electron chi connectivity index (χ2n) is 7.10. The number of sulfone groups is 1. The van der Waals surface area contributed by atoms with Crippen molar-refractivity contribution in [2.75, 3.05) is 16.4 Å². The molecule has 2 N–H and O–H groups in total. The predicted octanol–water partition coefficient (Wildman–Crippen LogP) is 3.93. The maximum absolute atomic E-state index is 12.7. The third kappa shape index (κ3) is 5.00. The summed E-state index contributed by atoms with van der Waals surface area (Å²) in [6, 6.07) is 10.4. The van der Waals surface area contributed by atoms with Crippen molar-refractivity contribution in [3.63, 3.8) is 0 Å². The van der Waals surface area contributed by atoms with E-state index in [1.54, 1.807) is 6.07 Å². The van der Waals surface area contributed by atoms with Gasteiger partial charge in [0, 0.05) is 17.0 Å². The lowest BCUT2D eigenvalue weighted by molar-refractivity contribution is -0.116. The van der Waals surface area contributed by atoms with Crippen LogP contribution < -0.4 is 10.6 Å². The van der Waals surface area contributed by atoms with Gasteiger partial charge in [-0.15, -0.1) is 11.8 Å². The Morgan fingerprint density at radius 3 is 2.66 bits per heavy atom. The number of carbonyl (C=O) groups excluding carboxylic acids is 2. The van der Waals surface area contributed by atoms with Crippen molar-refractivity contribution in [2.24, 2.45) is 0 Å². The van der Waals surface area contributed by atoms with Crippen molar-refractivity contribution in [1.82, 2.24) is 0 Å². The van der Waals surface area contributed by atoms with Gasteiger partial charge in [0.05, 0.1) is 21.6 Å². The highest BCUT2D eigenvalue weighted by Gasteiger charge is 2.27. The number of rotatable bonds is 6. The van der Waals surface area contributed by atoms with Crippen LogP contribution in [0.5, 0.6) is 0 Å². The molecule has 2 aromatic rings. The summed E-state index contributed by atoms with van der Waals surface area (Å²) >= 11 is 1.44. The number of hydrogen-bond acceptors (Lipinski definition) is 5. The number of thioether (sulfide) groups is 1. The zero-order valence-electron chi connectivity index (χ0n) is 16.6. The molecule has 0 bridgehead atoms. The van der Waals surface area contributed by atoms with Gasteiger partial charge in [-0.3, -0.25) is 9.59 Å². The molecule has 1 heterocycles. The summed E-state index contributed by atoms with van der Waals surface area (Å²) in [5, 5.41) is 5.39. The van der Waals surface area contributed by atoms with Crippen molar-refractivity contribution in [3.05, 3.63) is 47.5 Å². The van der Waals surface area contributed by atoms with Gasteiger partial charge >= 0.3 is 0 Å². The first kappa shape index (κ1) is 21.4. The average Bonchev–Trinajstić information content (AvgIpc) is 2.68. The van der Waals surface area contributed by atoms with Crippen LogP contribution in [0.4, 0.5) is 11.4 Å². The first-order chi connectivity index (χ1) is 13.7. The summed E-state index contributed by atoms with van der Waals surface area (Å²) in [6.07, 6.45) is 0.553. The van der Waals surface area contributed by atoms with Gasteiger partial charge in [0.2, 0.25) is 11.8 Å². The second-order valence-corrected chi connectivity index (χ2v) is 10.5. The topological polar surface area (TPSA) is 92.3 Å². The molecule has 1 atom stereocenters. The zero-order chi connectivity index (χ0) is 21.2. The fourth-order valence-corrected chi connectivity index (χ4v) is 5.31. The van der Waals surface area contributed by atoms with Gasteiger partial charge in [0.15, 0.2) is 9.84 Å². The maximum atomic E-state index is 12.7. The molecule has 154 valence electrons. The van der Waals surface area contributed by atoms with Crippen molar-refractivity contribution in [2.45, 2.75) is 48.7 Å². The molecule has 1 aliphatic rings. The van der Waals surface area contributed by atoms with E-state index in [0.29, 0.717) is 17.8 Å². The SMILES string of the molecule is CCC1Sc2ccc(S(=O)(=O)CCC(=O)Nc3cc(C)ccc3C)cc2NC1=O. The van der Waals surface area contributed by atoms with Crippen LogP contribution in [-0.4, -0.2) is 31.2 Å². The fourth-order valence-electron chi connectivity index (χ4n) is 3.02. The Morgan fingerprint density at radius 2 is 1.93 bits per heavy atom. The lowest BCUT2D eigenvalue weighted by atomic mass is 10.1. The van der Waals surface area contributed by atoms with Crippen molar-refractivity contribution >= 4 is 44.8 Å². The van der Waals surface area contributed by atoms with Crippen molar-refractivity contribution in [3.8, 4) is 0 Å². The number of fused-ring (bicyclic) bond motifs is 1. The lowest BCUT2D eigenvalue weighted by Gasteiger charge is -2.23. The van der Waals surface area contributed by atoms with Crippen LogP contribution in [0.3, 0.4) is 0 Å². The van der Waals surface area contributed by atoms with Crippen LogP contribution in [0.1, 0.15) is 30.9 Å². The summed E-state index contributed by atoms with van der Waals surface area (Å²) in [5.41, 5.74) is 3.12. The summed E-state index contributed by atoms with van der Waals surface area (Å²) in [5.74, 6) is -0.774. The van der Waals surface area contributed by atoms with Crippen LogP contribution in [0.2, 0.25) is 0 Å². The third-order valence-corrected chi connectivity index (χ3v) is 7.92. The summed E-state index contributed by atoms with van der Waals surface area (Å²) in [4.78, 5) is 25.3. The van der Waals surface area contributed by atoms with Gasteiger partial charge in [0.1, 0.15) is 0 Å². The Hall–Kier alpha value is -2.32. The lowest BCUT2D eigenvalue weighted by Crippen LogP contribution is -2.28. The van der Waals surface area contributed by atoms with E-state index in [1.807, 2.05) is 39.0 Å². The molecule has 8 heteroatoms. The largest absolute Gasteiger partial charge is 0.326 e. The minimum atomic E-state index is -3.66. The van der Waals surface area contributed by atoms with Crippen LogP contribution >= 0.6 is 11.8 Å². The normalized spacial score (nSPS) is 16.1. The molecule has 0 fully saturated rings. The molecule has 3 rings (SSSR count). The highest BCUT2D eigenvalue weighted by atomic mass is 32.2. The highest BCUT2D eigenvalue weighted by molar-refractivity contribution is 8.01. The van der Waals surface area contributed by atoms with Crippen molar-refractivity contribution < 1.29 is 18.0 Å². The number of amides is 2. The minimum Gasteiger partial charge on any atom is -0.326 e. The number of benzene rings is 2. The molecule has 0 spiro atoms. The Balaban J connectivity index is 1.68. The summed E-state index contributed by atoms with van der Waals surface area (Å²) in [6.45, 7) is 5.74. The van der Waals surface area contributed by atoms with Crippen LogP contribution in [-0.2, 0) is 19.4 Å². The Bertz CT molecular complexity index is 1060. The molecule has 2 aromatic carbocycles. The van der Waals surface area contributed by atoms with E-state index in [0.717, 1.165) is 16.0 Å². The molecule has 0 aliphatic carbocycles. The molecule has 6 nitrogen and oxygen atoms in total. The molecule has 0 saturated carbocycles. The van der Waals surface area contributed by atoms with E-state index >= 15 is 0 Å². The maximum Gasteiger partial charge on any atom is 0.237 e.